The highest BCUT2D eigenvalue weighted by Crippen LogP contribution is 2.33. The summed E-state index contributed by atoms with van der Waals surface area (Å²) in [6, 6.07) is 8.77. The van der Waals surface area contributed by atoms with Crippen molar-refractivity contribution in [3.05, 3.63) is 57.0 Å². The summed E-state index contributed by atoms with van der Waals surface area (Å²) < 4.78 is 25.9. The summed E-state index contributed by atoms with van der Waals surface area (Å²) in [5.41, 5.74) is 1.64. The standard InChI is InChI=1S/C18H19Cl3N2O3S/c1-4-17(18(24)22-16-10-14(20)13(19)9-15(16)21)23(27(3,25)26)12-7-5-11(2)6-8-12/h5-10,17H,4H2,1-3H3,(H,22,24)/t17-/m0/s1. The fourth-order valence-electron chi connectivity index (χ4n) is 2.59. The second-order valence-corrected chi connectivity index (χ2v) is 9.13. The van der Waals surface area contributed by atoms with E-state index >= 15 is 0 Å². The number of carbonyl (C=O) groups excluding carboxylic acids is 1. The van der Waals surface area contributed by atoms with Crippen molar-refractivity contribution >= 4 is 62.1 Å². The van der Waals surface area contributed by atoms with Crippen LogP contribution in [0.3, 0.4) is 0 Å². The Morgan fingerprint density at radius 3 is 2.15 bits per heavy atom. The maximum Gasteiger partial charge on any atom is 0.248 e. The predicted octanol–water partition coefficient (Wildman–Crippen LogP) is 5.14. The molecule has 2 aromatic carbocycles. The van der Waals surface area contributed by atoms with Gasteiger partial charge in [0, 0.05) is 0 Å². The van der Waals surface area contributed by atoms with Gasteiger partial charge in [-0.05, 0) is 37.6 Å². The van der Waals surface area contributed by atoms with E-state index in [-0.39, 0.29) is 27.2 Å². The van der Waals surface area contributed by atoms with Crippen molar-refractivity contribution in [3.63, 3.8) is 0 Å². The average molecular weight is 450 g/mol. The third kappa shape index (κ3) is 5.29. The summed E-state index contributed by atoms with van der Waals surface area (Å²) in [6.07, 6.45) is 1.32. The van der Waals surface area contributed by atoms with Crippen LogP contribution in [0, 0.1) is 6.92 Å². The van der Waals surface area contributed by atoms with Crippen LogP contribution >= 0.6 is 34.8 Å². The summed E-state index contributed by atoms with van der Waals surface area (Å²) in [5.74, 6) is -0.524. The Kier molecular flexibility index (Phi) is 7.03. The number of benzene rings is 2. The van der Waals surface area contributed by atoms with E-state index in [2.05, 4.69) is 5.32 Å². The van der Waals surface area contributed by atoms with Crippen LogP contribution in [0.1, 0.15) is 18.9 Å². The SMILES string of the molecule is CC[C@@H](C(=O)Nc1cc(Cl)c(Cl)cc1Cl)N(c1ccc(C)cc1)S(C)(=O)=O. The molecule has 27 heavy (non-hydrogen) atoms. The fraction of sp³-hybridized carbons (Fsp3) is 0.278. The number of halogens is 3. The van der Waals surface area contributed by atoms with Gasteiger partial charge in [-0.15, -0.1) is 0 Å². The zero-order chi connectivity index (χ0) is 20.4. The van der Waals surface area contributed by atoms with Crippen LogP contribution in [0.4, 0.5) is 11.4 Å². The molecule has 0 aliphatic heterocycles. The number of nitrogens with one attached hydrogen (secondary N) is 1. The van der Waals surface area contributed by atoms with Crippen LogP contribution < -0.4 is 9.62 Å². The Hall–Kier alpha value is -1.47. The molecule has 1 N–H and O–H groups in total. The molecule has 0 fully saturated rings. The molecule has 2 aromatic rings. The van der Waals surface area contributed by atoms with Crippen LogP contribution in [-0.2, 0) is 14.8 Å². The monoisotopic (exact) mass is 448 g/mol. The molecule has 0 aliphatic rings. The third-order valence-electron chi connectivity index (χ3n) is 3.89. The Labute approximate surface area is 174 Å². The van der Waals surface area contributed by atoms with Gasteiger partial charge in [-0.3, -0.25) is 9.10 Å². The van der Waals surface area contributed by atoms with Crippen molar-refractivity contribution in [2.75, 3.05) is 15.9 Å². The summed E-state index contributed by atoms with van der Waals surface area (Å²) in [5, 5.41) is 3.32. The highest BCUT2D eigenvalue weighted by atomic mass is 35.5. The predicted molar refractivity (Wildman–Crippen MR) is 113 cm³/mol. The zero-order valence-corrected chi connectivity index (χ0v) is 18.0. The summed E-state index contributed by atoms with van der Waals surface area (Å²) in [7, 11) is -3.71. The molecule has 0 bridgehead atoms. The molecule has 0 aliphatic carbocycles. The smallest absolute Gasteiger partial charge is 0.248 e. The van der Waals surface area contributed by atoms with E-state index < -0.39 is 22.0 Å². The summed E-state index contributed by atoms with van der Waals surface area (Å²) in [4.78, 5) is 12.9. The minimum Gasteiger partial charge on any atom is -0.323 e. The van der Waals surface area contributed by atoms with Crippen LogP contribution in [0.15, 0.2) is 36.4 Å². The lowest BCUT2D eigenvalue weighted by Crippen LogP contribution is -2.47. The molecule has 0 spiro atoms. The average Bonchev–Trinajstić information content (AvgIpc) is 2.57. The number of anilines is 2. The normalized spacial score (nSPS) is 12.5. The molecule has 2 rings (SSSR count). The van der Waals surface area contributed by atoms with E-state index in [1.165, 1.54) is 12.1 Å². The van der Waals surface area contributed by atoms with Gasteiger partial charge < -0.3 is 5.32 Å². The van der Waals surface area contributed by atoms with Gasteiger partial charge in [-0.2, -0.15) is 0 Å². The van der Waals surface area contributed by atoms with E-state index in [9.17, 15) is 13.2 Å². The molecule has 1 amide bonds. The van der Waals surface area contributed by atoms with Gasteiger partial charge in [0.05, 0.1) is 32.7 Å². The lowest BCUT2D eigenvalue weighted by molar-refractivity contribution is -0.117. The van der Waals surface area contributed by atoms with Crippen LogP contribution in [0.25, 0.3) is 0 Å². The van der Waals surface area contributed by atoms with Crippen molar-refractivity contribution in [2.24, 2.45) is 0 Å². The van der Waals surface area contributed by atoms with Crippen molar-refractivity contribution in [3.8, 4) is 0 Å². The van der Waals surface area contributed by atoms with E-state index in [0.29, 0.717) is 5.69 Å². The highest BCUT2D eigenvalue weighted by Gasteiger charge is 2.31. The molecular weight excluding hydrogens is 431 g/mol. The first-order valence-electron chi connectivity index (χ1n) is 8.06. The number of carbonyl (C=O) groups is 1. The van der Waals surface area contributed by atoms with Crippen LogP contribution in [-0.4, -0.2) is 26.6 Å². The Balaban J connectivity index is 2.40. The fourth-order valence-corrected chi connectivity index (χ4v) is 4.39. The molecule has 5 nitrogen and oxygen atoms in total. The number of sulfonamides is 1. The molecule has 0 heterocycles. The lowest BCUT2D eigenvalue weighted by atomic mass is 10.1. The first-order valence-corrected chi connectivity index (χ1v) is 11.0. The first-order chi connectivity index (χ1) is 12.5. The van der Waals surface area contributed by atoms with E-state index in [1.807, 2.05) is 6.92 Å². The number of hydrogen-bond acceptors (Lipinski definition) is 3. The molecule has 0 saturated heterocycles. The second-order valence-electron chi connectivity index (χ2n) is 6.05. The number of amides is 1. The molecule has 146 valence electrons. The maximum absolute atomic E-state index is 12.9. The van der Waals surface area contributed by atoms with Gasteiger partial charge in [0.15, 0.2) is 0 Å². The molecule has 0 unspecified atom stereocenters. The number of rotatable bonds is 6. The topological polar surface area (TPSA) is 66.5 Å². The number of nitrogens with zero attached hydrogens (tertiary/aromatic N) is 1. The minimum absolute atomic E-state index is 0.203. The number of aryl methyl sites for hydroxylation is 1. The van der Waals surface area contributed by atoms with Gasteiger partial charge in [-0.25, -0.2) is 8.42 Å². The number of hydrogen-bond donors (Lipinski definition) is 1. The van der Waals surface area contributed by atoms with Crippen molar-refractivity contribution in [2.45, 2.75) is 26.3 Å². The largest absolute Gasteiger partial charge is 0.323 e. The summed E-state index contributed by atoms with van der Waals surface area (Å²) >= 11 is 18.0. The zero-order valence-electron chi connectivity index (χ0n) is 15.0. The molecule has 9 heteroatoms. The van der Waals surface area contributed by atoms with E-state index in [0.717, 1.165) is 16.1 Å². The maximum atomic E-state index is 12.9. The minimum atomic E-state index is -3.71. The van der Waals surface area contributed by atoms with Crippen molar-refractivity contribution in [1.82, 2.24) is 0 Å². The van der Waals surface area contributed by atoms with E-state index in [1.54, 1.807) is 31.2 Å². The quantitative estimate of drug-likeness (QED) is 0.621. The highest BCUT2D eigenvalue weighted by molar-refractivity contribution is 7.92. The molecule has 0 saturated carbocycles. The van der Waals surface area contributed by atoms with E-state index in [4.69, 9.17) is 34.8 Å². The molecule has 0 aromatic heterocycles. The van der Waals surface area contributed by atoms with Crippen LogP contribution in [0.5, 0.6) is 0 Å². The third-order valence-corrected chi connectivity index (χ3v) is 6.10. The Bertz CT molecular complexity index is 947. The van der Waals surface area contributed by atoms with Gasteiger partial charge in [0.25, 0.3) is 0 Å². The van der Waals surface area contributed by atoms with Gasteiger partial charge in [0.1, 0.15) is 6.04 Å². The Morgan fingerprint density at radius 1 is 1.07 bits per heavy atom. The lowest BCUT2D eigenvalue weighted by Gasteiger charge is -2.30. The van der Waals surface area contributed by atoms with Crippen molar-refractivity contribution in [1.29, 1.82) is 0 Å². The van der Waals surface area contributed by atoms with Gasteiger partial charge >= 0.3 is 0 Å². The molecular formula is C18H19Cl3N2O3S. The van der Waals surface area contributed by atoms with Gasteiger partial charge in [-0.1, -0.05) is 59.4 Å². The molecule has 0 radical (unpaired) electrons. The molecule has 1 atom stereocenters. The first kappa shape index (κ1) is 21.8. The van der Waals surface area contributed by atoms with Gasteiger partial charge in [0.2, 0.25) is 15.9 Å². The van der Waals surface area contributed by atoms with Crippen molar-refractivity contribution < 1.29 is 13.2 Å². The Morgan fingerprint density at radius 2 is 1.63 bits per heavy atom. The summed E-state index contributed by atoms with van der Waals surface area (Å²) in [6.45, 7) is 3.62. The second kappa shape index (κ2) is 8.69. The van der Waals surface area contributed by atoms with Crippen LogP contribution in [0.2, 0.25) is 15.1 Å².